The van der Waals surface area contributed by atoms with Gasteiger partial charge in [0.25, 0.3) is 10.1 Å². The summed E-state index contributed by atoms with van der Waals surface area (Å²) < 4.78 is 25.9. The molecule has 0 saturated carbocycles. The molecule has 0 aromatic heterocycles. The van der Waals surface area contributed by atoms with Crippen molar-refractivity contribution in [1.29, 1.82) is 0 Å². The van der Waals surface area contributed by atoms with Gasteiger partial charge in [0.1, 0.15) is 0 Å². The van der Waals surface area contributed by atoms with Crippen LogP contribution in [0.1, 0.15) is 19.8 Å². The van der Waals surface area contributed by atoms with E-state index in [-0.39, 0.29) is 0 Å². The molecular weight excluding hydrogens is 154 g/mol. The maximum absolute atomic E-state index is 9.19. The summed E-state index contributed by atoms with van der Waals surface area (Å²) in [4.78, 5) is 0. The first-order valence-electron chi connectivity index (χ1n) is 3.04. The van der Waals surface area contributed by atoms with Gasteiger partial charge in [-0.3, -0.25) is 4.55 Å². The van der Waals surface area contributed by atoms with Crippen LogP contribution in [0.4, 0.5) is 0 Å². The van der Waals surface area contributed by atoms with E-state index in [0.29, 0.717) is 6.26 Å². The average Bonchev–Trinajstić information content (AvgIpc) is 1.63. The fraction of sp³-hybridized carbons (Fsp3) is 1.00. The first-order chi connectivity index (χ1) is 4.41. The molecule has 0 aliphatic carbocycles. The quantitative estimate of drug-likeness (QED) is 0.581. The van der Waals surface area contributed by atoms with Crippen molar-refractivity contribution in [1.82, 2.24) is 0 Å². The highest BCUT2D eigenvalue weighted by molar-refractivity contribution is 7.85. The van der Waals surface area contributed by atoms with Crippen LogP contribution in [0.3, 0.4) is 0 Å². The molecule has 0 radical (unpaired) electrons. The van der Waals surface area contributed by atoms with E-state index in [0.717, 1.165) is 6.54 Å². The van der Waals surface area contributed by atoms with Crippen molar-refractivity contribution < 1.29 is 13.0 Å². The predicted molar refractivity (Wildman–Crippen MR) is 41.4 cm³/mol. The molecule has 0 atom stereocenters. The SMILES string of the molecule is CCCCN.CS(=O)(=O)O. The van der Waals surface area contributed by atoms with Crippen LogP contribution in [0.15, 0.2) is 0 Å². The molecule has 4 nitrogen and oxygen atoms in total. The molecule has 0 saturated heterocycles. The third-order valence-corrected chi connectivity index (χ3v) is 0.558. The lowest BCUT2D eigenvalue weighted by Gasteiger charge is -1.80. The number of nitrogens with two attached hydrogens (primary N) is 1. The van der Waals surface area contributed by atoms with E-state index in [1.165, 1.54) is 12.8 Å². The summed E-state index contributed by atoms with van der Waals surface area (Å²) in [5.41, 5.74) is 5.14. The lowest BCUT2D eigenvalue weighted by Crippen LogP contribution is -1.95. The fourth-order valence-electron chi connectivity index (χ4n) is 0.204. The van der Waals surface area contributed by atoms with Gasteiger partial charge in [0.15, 0.2) is 0 Å². The maximum atomic E-state index is 9.19. The van der Waals surface area contributed by atoms with Gasteiger partial charge in [-0.2, -0.15) is 8.42 Å². The lowest BCUT2D eigenvalue weighted by atomic mass is 10.3. The van der Waals surface area contributed by atoms with E-state index in [1.807, 2.05) is 0 Å². The Morgan fingerprint density at radius 1 is 1.50 bits per heavy atom. The Kier molecular flexibility index (Phi) is 8.75. The van der Waals surface area contributed by atoms with Crippen molar-refractivity contribution in [3.05, 3.63) is 0 Å². The fourth-order valence-corrected chi connectivity index (χ4v) is 0.204. The average molecular weight is 169 g/mol. The van der Waals surface area contributed by atoms with Gasteiger partial charge in [0.05, 0.1) is 6.26 Å². The molecule has 0 aromatic rings. The van der Waals surface area contributed by atoms with Crippen molar-refractivity contribution in [2.45, 2.75) is 19.8 Å². The summed E-state index contributed by atoms with van der Waals surface area (Å²) in [7, 11) is -3.67. The van der Waals surface area contributed by atoms with Crippen molar-refractivity contribution in [3.63, 3.8) is 0 Å². The Labute approximate surface area is 62.2 Å². The molecule has 0 bridgehead atoms. The summed E-state index contributed by atoms with van der Waals surface area (Å²) in [5, 5.41) is 0. The Morgan fingerprint density at radius 3 is 1.80 bits per heavy atom. The minimum atomic E-state index is -3.67. The van der Waals surface area contributed by atoms with Crippen LogP contribution in [0, 0.1) is 0 Å². The molecule has 0 aliphatic heterocycles. The molecule has 0 aromatic carbocycles. The second-order valence-electron chi connectivity index (χ2n) is 1.88. The zero-order chi connectivity index (χ0) is 8.62. The zero-order valence-corrected chi connectivity index (χ0v) is 7.19. The molecule has 0 amide bonds. The van der Waals surface area contributed by atoms with Crippen LogP contribution < -0.4 is 5.73 Å². The molecule has 0 fully saturated rings. The molecule has 0 rings (SSSR count). The maximum Gasteiger partial charge on any atom is 0.261 e. The van der Waals surface area contributed by atoms with Crippen molar-refractivity contribution in [2.24, 2.45) is 5.73 Å². The minimum absolute atomic E-state index is 0.715. The van der Waals surface area contributed by atoms with E-state index < -0.39 is 10.1 Å². The second-order valence-corrected chi connectivity index (χ2v) is 3.34. The lowest BCUT2D eigenvalue weighted by molar-refractivity contribution is 0.490. The standard InChI is InChI=1S/C4H11N.CH4O3S/c1-2-3-4-5;1-5(2,3)4/h2-5H2,1H3;1H3,(H,2,3,4). The first-order valence-corrected chi connectivity index (χ1v) is 4.89. The predicted octanol–water partition coefficient (Wildman–Crippen LogP) is 0.249. The van der Waals surface area contributed by atoms with Crippen molar-refractivity contribution >= 4 is 10.1 Å². The molecule has 0 spiro atoms. The van der Waals surface area contributed by atoms with Gasteiger partial charge in [0.2, 0.25) is 0 Å². The first kappa shape index (κ1) is 12.5. The Hall–Kier alpha value is -0.130. The highest BCUT2D eigenvalue weighted by Gasteiger charge is 1.81. The van der Waals surface area contributed by atoms with E-state index in [9.17, 15) is 8.42 Å². The molecular formula is C5H15NO3S. The van der Waals surface area contributed by atoms with E-state index in [4.69, 9.17) is 10.3 Å². The third kappa shape index (κ3) is 106. The number of hydrogen-bond acceptors (Lipinski definition) is 3. The van der Waals surface area contributed by atoms with Crippen LogP contribution >= 0.6 is 0 Å². The van der Waals surface area contributed by atoms with Crippen molar-refractivity contribution in [2.75, 3.05) is 12.8 Å². The van der Waals surface area contributed by atoms with Crippen LogP contribution in [0.5, 0.6) is 0 Å². The van der Waals surface area contributed by atoms with Crippen LogP contribution in [-0.4, -0.2) is 25.8 Å². The molecule has 0 unspecified atom stereocenters. The van der Waals surface area contributed by atoms with E-state index >= 15 is 0 Å². The minimum Gasteiger partial charge on any atom is -0.330 e. The van der Waals surface area contributed by atoms with Gasteiger partial charge in [-0.1, -0.05) is 13.3 Å². The van der Waals surface area contributed by atoms with Gasteiger partial charge in [-0.05, 0) is 13.0 Å². The van der Waals surface area contributed by atoms with Crippen LogP contribution in [-0.2, 0) is 10.1 Å². The Morgan fingerprint density at radius 2 is 1.80 bits per heavy atom. The van der Waals surface area contributed by atoms with Gasteiger partial charge in [-0.15, -0.1) is 0 Å². The van der Waals surface area contributed by atoms with Crippen LogP contribution in [0.2, 0.25) is 0 Å². The van der Waals surface area contributed by atoms with Crippen LogP contribution in [0.25, 0.3) is 0 Å². The third-order valence-electron chi connectivity index (χ3n) is 0.558. The smallest absolute Gasteiger partial charge is 0.261 e. The number of unbranched alkanes of at least 4 members (excludes halogenated alkanes) is 1. The summed E-state index contributed by atoms with van der Waals surface area (Å²) >= 11 is 0. The normalized spacial score (nSPS) is 10.0. The van der Waals surface area contributed by atoms with Gasteiger partial charge < -0.3 is 5.73 Å². The Bertz CT molecular complexity index is 131. The largest absolute Gasteiger partial charge is 0.330 e. The van der Waals surface area contributed by atoms with Gasteiger partial charge >= 0.3 is 0 Å². The molecule has 3 N–H and O–H groups in total. The van der Waals surface area contributed by atoms with E-state index in [1.54, 1.807) is 0 Å². The summed E-state index contributed by atoms with van der Waals surface area (Å²) in [6.07, 6.45) is 3.10. The summed E-state index contributed by atoms with van der Waals surface area (Å²) in [5.74, 6) is 0. The molecule has 10 heavy (non-hydrogen) atoms. The highest BCUT2D eigenvalue weighted by atomic mass is 32.2. The number of rotatable bonds is 2. The molecule has 0 heterocycles. The Balaban J connectivity index is 0. The van der Waals surface area contributed by atoms with Crippen molar-refractivity contribution in [3.8, 4) is 0 Å². The molecule has 0 aliphatic rings. The number of hydrogen-bond donors (Lipinski definition) is 2. The van der Waals surface area contributed by atoms with E-state index in [2.05, 4.69) is 6.92 Å². The van der Waals surface area contributed by atoms with Gasteiger partial charge in [0, 0.05) is 0 Å². The summed E-state index contributed by atoms with van der Waals surface area (Å²) in [6, 6.07) is 0. The topological polar surface area (TPSA) is 80.4 Å². The monoisotopic (exact) mass is 169 g/mol. The zero-order valence-electron chi connectivity index (χ0n) is 6.37. The highest BCUT2D eigenvalue weighted by Crippen LogP contribution is 1.77. The molecule has 5 heteroatoms. The molecule has 64 valence electrons. The van der Waals surface area contributed by atoms with Gasteiger partial charge in [-0.25, -0.2) is 0 Å². The summed E-state index contributed by atoms with van der Waals surface area (Å²) in [6.45, 7) is 2.98. The second kappa shape index (κ2) is 6.98.